The lowest BCUT2D eigenvalue weighted by Gasteiger charge is -2.33. The third kappa shape index (κ3) is 2.25. The van der Waals surface area contributed by atoms with Crippen LogP contribution >= 0.6 is 0 Å². The summed E-state index contributed by atoms with van der Waals surface area (Å²) in [6.45, 7) is 7.62. The van der Waals surface area contributed by atoms with Gasteiger partial charge in [0, 0.05) is 12.5 Å². The van der Waals surface area contributed by atoms with Crippen molar-refractivity contribution >= 4 is 5.91 Å². The van der Waals surface area contributed by atoms with Crippen molar-refractivity contribution in [2.24, 2.45) is 11.3 Å². The molecule has 6 heteroatoms. The quantitative estimate of drug-likeness (QED) is 0.806. The van der Waals surface area contributed by atoms with Gasteiger partial charge in [0.2, 0.25) is 5.91 Å². The van der Waals surface area contributed by atoms with Crippen molar-refractivity contribution in [2.75, 3.05) is 19.8 Å². The van der Waals surface area contributed by atoms with Crippen LogP contribution in [0, 0.1) is 18.3 Å². The molecular weight excluding hydrogens is 246 g/mol. The molecule has 0 radical (unpaired) electrons. The summed E-state index contributed by atoms with van der Waals surface area (Å²) in [5, 5.41) is 3.80. The smallest absolute Gasteiger partial charge is 0.251 e. The van der Waals surface area contributed by atoms with Crippen molar-refractivity contribution < 1.29 is 14.1 Å². The van der Waals surface area contributed by atoms with Gasteiger partial charge in [-0.15, -0.1) is 0 Å². The second kappa shape index (κ2) is 4.30. The standard InChI is InChI=1S/C13H19N3O3/c1-8-14-11(19-15-8)10-7-18-5-4-16(10)12(17)9-6-13(9,2)3/h9-10H,4-7H2,1-3H3/t9-,10+/m1/s1. The van der Waals surface area contributed by atoms with Crippen LogP contribution < -0.4 is 0 Å². The first kappa shape index (κ1) is 12.6. The highest BCUT2D eigenvalue weighted by atomic mass is 16.5. The SMILES string of the molecule is Cc1noc([C@@H]2COCCN2C(=O)[C@H]2CC2(C)C)n1. The molecule has 19 heavy (non-hydrogen) atoms. The topological polar surface area (TPSA) is 68.5 Å². The summed E-state index contributed by atoms with van der Waals surface area (Å²) in [4.78, 5) is 18.6. The van der Waals surface area contributed by atoms with E-state index in [4.69, 9.17) is 9.26 Å². The summed E-state index contributed by atoms with van der Waals surface area (Å²) in [7, 11) is 0. The lowest BCUT2D eigenvalue weighted by molar-refractivity contribution is -0.143. The zero-order chi connectivity index (χ0) is 13.6. The van der Waals surface area contributed by atoms with Crippen LogP contribution in [0.1, 0.15) is 38.0 Å². The number of carbonyl (C=O) groups is 1. The van der Waals surface area contributed by atoms with Gasteiger partial charge in [0.1, 0.15) is 6.04 Å². The predicted octanol–water partition coefficient (Wildman–Crippen LogP) is 1.32. The van der Waals surface area contributed by atoms with Gasteiger partial charge in [0.05, 0.1) is 13.2 Å². The Balaban J connectivity index is 1.80. The van der Waals surface area contributed by atoms with Crippen molar-refractivity contribution in [1.29, 1.82) is 0 Å². The monoisotopic (exact) mass is 265 g/mol. The highest BCUT2D eigenvalue weighted by Crippen LogP contribution is 2.53. The number of morpholine rings is 1. The van der Waals surface area contributed by atoms with Gasteiger partial charge in [0.25, 0.3) is 5.89 Å². The molecule has 1 aliphatic carbocycles. The van der Waals surface area contributed by atoms with Gasteiger partial charge in [-0.25, -0.2) is 0 Å². The molecule has 2 atom stereocenters. The number of ether oxygens (including phenoxy) is 1. The molecule has 1 aliphatic heterocycles. The Labute approximate surface area is 112 Å². The number of aryl methyl sites for hydroxylation is 1. The van der Waals surface area contributed by atoms with E-state index in [0.717, 1.165) is 6.42 Å². The number of hydrogen-bond donors (Lipinski definition) is 0. The fourth-order valence-electron chi connectivity index (χ4n) is 2.61. The van der Waals surface area contributed by atoms with Crippen LogP contribution in [0.25, 0.3) is 0 Å². The number of aromatic nitrogens is 2. The molecule has 104 valence electrons. The molecule has 0 aromatic carbocycles. The van der Waals surface area contributed by atoms with Crippen molar-refractivity contribution in [2.45, 2.75) is 33.2 Å². The summed E-state index contributed by atoms with van der Waals surface area (Å²) in [5.74, 6) is 1.37. The van der Waals surface area contributed by atoms with Crippen molar-refractivity contribution in [3.63, 3.8) is 0 Å². The fraction of sp³-hybridized carbons (Fsp3) is 0.769. The molecule has 2 heterocycles. The Morgan fingerprint density at radius 3 is 2.79 bits per heavy atom. The predicted molar refractivity (Wildman–Crippen MR) is 66.2 cm³/mol. The summed E-state index contributed by atoms with van der Waals surface area (Å²) < 4.78 is 10.7. The van der Waals surface area contributed by atoms with Crippen LogP contribution in [0.3, 0.4) is 0 Å². The first-order valence-corrected chi connectivity index (χ1v) is 6.67. The first-order chi connectivity index (χ1) is 8.99. The van der Waals surface area contributed by atoms with E-state index in [-0.39, 0.29) is 23.3 Å². The number of carbonyl (C=O) groups excluding carboxylic acids is 1. The second-order valence-corrected chi connectivity index (χ2v) is 6.05. The van der Waals surface area contributed by atoms with Crippen LogP contribution in [-0.4, -0.2) is 40.7 Å². The summed E-state index contributed by atoms with van der Waals surface area (Å²) in [6, 6.07) is -0.237. The number of rotatable bonds is 2. The normalized spacial score (nSPS) is 29.3. The van der Waals surface area contributed by atoms with Crippen molar-refractivity contribution in [3.8, 4) is 0 Å². The highest BCUT2D eigenvalue weighted by Gasteiger charge is 2.53. The van der Waals surface area contributed by atoms with E-state index in [2.05, 4.69) is 24.0 Å². The van der Waals surface area contributed by atoms with Gasteiger partial charge in [-0.3, -0.25) is 4.79 Å². The maximum atomic E-state index is 12.5. The van der Waals surface area contributed by atoms with Crippen molar-refractivity contribution in [1.82, 2.24) is 15.0 Å². The molecule has 2 aliphatic rings. The summed E-state index contributed by atoms with van der Waals surface area (Å²) in [6.07, 6.45) is 0.957. The number of hydrogen-bond acceptors (Lipinski definition) is 5. The summed E-state index contributed by atoms with van der Waals surface area (Å²) >= 11 is 0. The van der Waals surface area contributed by atoms with E-state index in [9.17, 15) is 4.79 Å². The third-order valence-corrected chi connectivity index (χ3v) is 4.05. The number of amides is 1. The molecule has 1 saturated carbocycles. The summed E-state index contributed by atoms with van der Waals surface area (Å²) in [5.41, 5.74) is 0.130. The maximum absolute atomic E-state index is 12.5. The van der Waals surface area contributed by atoms with Crippen LogP contribution in [0.4, 0.5) is 0 Å². The molecule has 1 amide bonds. The molecule has 1 saturated heterocycles. The lowest BCUT2D eigenvalue weighted by Crippen LogP contribution is -2.44. The molecule has 6 nitrogen and oxygen atoms in total. The third-order valence-electron chi connectivity index (χ3n) is 4.05. The maximum Gasteiger partial charge on any atom is 0.251 e. The zero-order valence-electron chi connectivity index (χ0n) is 11.5. The van der Waals surface area contributed by atoms with E-state index in [1.54, 1.807) is 6.92 Å². The molecule has 0 bridgehead atoms. The average Bonchev–Trinajstić information content (AvgIpc) is 2.82. The molecule has 1 aromatic heterocycles. The van der Waals surface area contributed by atoms with Crippen LogP contribution in [-0.2, 0) is 9.53 Å². The second-order valence-electron chi connectivity index (χ2n) is 6.05. The number of nitrogens with zero attached hydrogens (tertiary/aromatic N) is 3. The van der Waals surface area contributed by atoms with Gasteiger partial charge < -0.3 is 14.2 Å². The molecular formula is C13H19N3O3. The van der Waals surface area contributed by atoms with Crippen LogP contribution in [0.2, 0.25) is 0 Å². The minimum Gasteiger partial charge on any atom is -0.377 e. The largest absolute Gasteiger partial charge is 0.377 e. The highest BCUT2D eigenvalue weighted by molar-refractivity contribution is 5.83. The van der Waals surface area contributed by atoms with Gasteiger partial charge in [-0.05, 0) is 18.8 Å². The van der Waals surface area contributed by atoms with Crippen LogP contribution in [0.5, 0.6) is 0 Å². The molecule has 0 N–H and O–H groups in total. The van der Waals surface area contributed by atoms with E-state index >= 15 is 0 Å². The van der Waals surface area contributed by atoms with E-state index in [1.165, 1.54) is 0 Å². The molecule has 3 rings (SSSR count). The molecule has 2 fully saturated rings. The Bertz CT molecular complexity index is 497. The Kier molecular flexibility index (Phi) is 2.85. The zero-order valence-corrected chi connectivity index (χ0v) is 11.5. The average molecular weight is 265 g/mol. The van der Waals surface area contributed by atoms with Gasteiger partial charge in [-0.1, -0.05) is 19.0 Å². The minimum absolute atomic E-state index is 0.122. The van der Waals surface area contributed by atoms with Gasteiger partial charge in [-0.2, -0.15) is 4.98 Å². The Morgan fingerprint density at radius 1 is 1.47 bits per heavy atom. The molecule has 0 spiro atoms. The fourth-order valence-corrected chi connectivity index (χ4v) is 2.61. The van der Waals surface area contributed by atoms with E-state index < -0.39 is 0 Å². The lowest BCUT2D eigenvalue weighted by atomic mass is 10.1. The van der Waals surface area contributed by atoms with Gasteiger partial charge >= 0.3 is 0 Å². The van der Waals surface area contributed by atoms with Crippen molar-refractivity contribution in [3.05, 3.63) is 11.7 Å². The molecule has 0 unspecified atom stereocenters. The Morgan fingerprint density at radius 2 is 2.21 bits per heavy atom. The Hall–Kier alpha value is -1.43. The van der Waals surface area contributed by atoms with Crippen LogP contribution in [0.15, 0.2) is 4.52 Å². The van der Waals surface area contributed by atoms with Gasteiger partial charge in [0.15, 0.2) is 5.82 Å². The van der Waals surface area contributed by atoms with E-state index in [0.29, 0.717) is 31.5 Å². The van der Waals surface area contributed by atoms with E-state index in [1.807, 2.05) is 4.90 Å². The minimum atomic E-state index is -0.237. The molecule has 1 aromatic rings. The first-order valence-electron chi connectivity index (χ1n) is 6.67.